The van der Waals surface area contributed by atoms with Gasteiger partial charge in [-0.2, -0.15) is 11.3 Å². The van der Waals surface area contributed by atoms with Gasteiger partial charge >= 0.3 is 0 Å². The molecule has 4 aromatic heterocycles. The van der Waals surface area contributed by atoms with Crippen molar-refractivity contribution in [2.24, 2.45) is 5.92 Å². The minimum atomic E-state index is -2.23. The van der Waals surface area contributed by atoms with E-state index in [9.17, 15) is 0 Å². The fourth-order valence-corrected chi connectivity index (χ4v) is 8.02. The van der Waals surface area contributed by atoms with Gasteiger partial charge in [-0.05, 0) is 76.7 Å². The smallest absolute Gasteiger partial charge is 0.113 e. The Bertz CT molecular complexity index is 2140. The number of hydrogen-bond donors (Lipinski definition) is 0. The molecule has 0 saturated carbocycles. The van der Waals surface area contributed by atoms with Crippen LogP contribution in [0.25, 0.3) is 42.8 Å². The minimum absolute atomic E-state index is 0. The maximum atomic E-state index is 8.75. The molecular formula is C40H45IrN3SSi-2. The standard InChI is InChI=1S/C22H21N2S.C18H24NSi.Ir/c1-4-15(5-2)16-11-12-23-20(13-16)19-8-6-7-17-18-10-9-14(3)24-22(18)25-21(17)19;1-14(2)11-16-12-17(15-9-7-6-8-10-15)19-13-18(16)20(3,4)5;/h6-7,9-13,15H,4-5H2,1-3H3;6-9,12-14H,11H2,1-5H3;/q2*-1;/i3D3,15D;11D2;. The number of thiophene rings is 1. The molecule has 0 aliphatic heterocycles. The zero-order valence-corrected chi connectivity index (χ0v) is 31.8. The Morgan fingerprint density at radius 1 is 0.935 bits per heavy atom. The second-order valence-electron chi connectivity index (χ2n) is 12.4. The zero-order valence-electron chi connectivity index (χ0n) is 33.6. The number of fused-ring (bicyclic) bond motifs is 3. The van der Waals surface area contributed by atoms with Gasteiger partial charge in [0.15, 0.2) is 0 Å². The topological polar surface area (TPSA) is 38.7 Å². The Hall–Kier alpha value is -3.02. The van der Waals surface area contributed by atoms with E-state index < -0.39 is 27.2 Å². The molecule has 3 nitrogen and oxygen atoms in total. The van der Waals surface area contributed by atoms with E-state index >= 15 is 0 Å². The normalized spacial score (nSPS) is 14.3. The first-order valence-electron chi connectivity index (χ1n) is 18.6. The van der Waals surface area contributed by atoms with Crippen molar-refractivity contribution in [3.63, 3.8) is 0 Å². The molecule has 0 saturated heterocycles. The number of rotatable bonds is 8. The summed E-state index contributed by atoms with van der Waals surface area (Å²) in [7, 11) is -1.67. The minimum Gasteiger partial charge on any atom is -0.305 e. The summed E-state index contributed by atoms with van der Waals surface area (Å²) < 4.78 is 49.7. The monoisotopic (exact) mass is 826 g/mol. The van der Waals surface area contributed by atoms with Gasteiger partial charge in [0, 0.05) is 46.4 Å². The van der Waals surface area contributed by atoms with E-state index in [4.69, 9.17) is 8.22 Å². The van der Waals surface area contributed by atoms with Crippen molar-refractivity contribution in [1.29, 1.82) is 0 Å². The third-order valence-corrected chi connectivity index (χ3v) is 10.9. The third-order valence-electron chi connectivity index (χ3n) is 7.72. The molecule has 0 N–H and O–H groups in total. The van der Waals surface area contributed by atoms with Crippen molar-refractivity contribution in [3.8, 4) is 22.5 Å². The van der Waals surface area contributed by atoms with Crippen LogP contribution in [0.4, 0.5) is 0 Å². The van der Waals surface area contributed by atoms with Gasteiger partial charge < -0.3 is 9.97 Å². The Morgan fingerprint density at radius 3 is 2.41 bits per heavy atom. The molecule has 0 amide bonds. The van der Waals surface area contributed by atoms with Crippen LogP contribution in [0.3, 0.4) is 0 Å². The quantitative estimate of drug-likeness (QED) is 0.113. The average molecular weight is 826 g/mol. The van der Waals surface area contributed by atoms with E-state index in [0.29, 0.717) is 4.83 Å². The average Bonchev–Trinajstić information content (AvgIpc) is 3.49. The molecule has 241 valence electrons. The summed E-state index contributed by atoms with van der Waals surface area (Å²) in [4.78, 5) is 14.2. The molecule has 0 fully saturated rings. The number of hydrogen-bond acceptors (Lipinski definition) is 4. The van der Waals surface area contributed by atoms with Gasteiger partial charge in [-0.1, -0.05) is 82.0 Å². The van der Waals surface area contributed by atoms with Gasteiger partial charge in [0.1, 0.15) is 4.83 Å². The van der Waals surface area contributed by atoms with Crippen LogP contribution < -0.4 is 5.19 Å². The molecule has 0 bridgehead atoms. The Morgan fingerprint density at radius 2 is 1.74 bits per heavy atom. The molecule has 46 heavy (non-hydrogen) atoms. The molecule has 4 heterocycles. The van der Waals surface area contributed by atoms with Crippen LogP contribution >= 0.6 is 11.3 Å². The van der Waals surface area contributed by atoms with Crippen LogP contribution in [0.1, 0.15) is 71.5 Å². The van der Waals surface area contributed by atoms with E-state index in [1.807, 2.05) is 94.6 Å². The first kappa shape index (κ1) is 28.0. The Balaban J connectivity index is 0.000000237. The fraction of sp³-hybridized carbons (Fsp3) is 0.325. The molecule has 2 aromatic carbocycles. The van der Waals surface area contributed by atoms with E-state index in [0.717, 1.165) is 67.1 Å². The largest absolute Gasteiger partial charge is 0.305 e. The number of benzene rings is 2. The summed E-state index contributed by atoms with van der Waals surface area (Å²) >= 11 is 1.46. The summed E-state index contributed by atoms with van der Waals surface area (Å²) in [6.07, 6.45) is 3.74. The molecule has 6 rings (SSSR count). The van der Waals surface area contributed by atoms with E-state index in [1.54, 1.807) is 12.3 Å². The number of aromatic nitrogens is 3. The van der Waals surface area contributed by atoms with Crippen molar-refractivity contribution in [3.05, 3.63) is 108 Å². The van der Waals surface area contributed by atoms with Crippen LogP contribution in [0, 0.1) is 24.9 Å². The van der Waals surface area contributed by atoms with Crippen LogP contribution in [-0.4, -0.2) is 23.0 Å². The Kier molecular flexibility index (Phi) is 9.57. The molecule has 0 aliphatic rings. The van der Waals surface area contributed by atoms with Crippen LogP contribution in [0.5, 0.6) is 0 Å². The SMILES string of the molecule is [2H]C([2H])([2H])c1ccc2c(n1)sc1c(-c3cc(C([2H])(CC)CC)ccn3)[c-]ccc12.[2H]C([2H])(c1cc(-c2[c-]cccc2)ncc1[Si](C)(C)C)C(C)C.[Ir]. The molecule has 1 radical (unpaired) electrons. The van der Waals surface area contributed by atoms with Gasteiger partial charge in [0.25, 0.3) is 0 Å². The summed E-state index contributed by atoms with van der Waals surface area (Å²) in [6.45, 7) is 12.4. The second kappa shape index (κ2) is 15.7. The van der Waals surface area contributed by atoms with Crippen LogP contribution in [0.2, 0.25) is 19.6 Å². The molecule has 0 spiro atoms. The van der Waals surface area contributed by atoms with Crippen molar-refractivity contribution < 1.29 is 28.3 Å². The molecule has 6 aromatic rings. The van der Waals surface area contributed by atoms with Gasteiger partial charge in [0.2, 0.25) is 0 Å². The summed E-state index contributed by atoms with van der Waals surface area (Å²) in [5, 5.41) is 3.05. The van der Waals surface area contributed by atoms with Crippen molar-refractivity contribution >= 4 is 44.9 Å². The first-order valence-corrected chi connectivity index (χ1v) is 19.9. The zero-order chi connectivity index (χ0) is 37.4. The van der Waals surface area contributed by atoms with E-state index in [1.165, 1.54) is 11.3 Å². The molecule has 0 unspecified atom stereocenters. The third kappa shape index (κ3) is 8.27. The maximum Gasteiger partial charge on any atom is 0.113 e. The molecular weight excluding hydrogens is 775 g/mol. The van der Waals surface area contributed by atoms with Gasteiger partial charge in [-0.3, -0.25) is 0 Å². The van der Waals surface area contributed by atoms with Gasteiger partial charge in [-0.25, -0.2) is 4.98 Å². The fourth-order valence-electron chi connectivity index (χ4n) is 5.44. The predicted octanol–water partition coefficient (Wildman–Crippen LogP) is 10.8. The molecule has 0 aliphatic carbocycles. The molecule has 0 atom stereocenters. The summed E-state index contributed by atoms with van der Waals surface area (Å²) in [6, 6.07) is 27.3. The van der Waals surface area contributed by atoms with Crippen LogP contribution in [0.15, 0.2) is 79.1 Å². The van der Waals surface area contributed by atoms with Crippen molar-refractivity contribution in [2.75, 3.05) is 0 Å². The number of aryl methyl sites for hydroxylation is 1. The van der Waals surface area contributed by atoms with E-state index in [2.05, 4.69) is 46.7 Å². The summed E-state index contributed by atoms with van der Waals surface area (Å²) in [5.74, 6) is -0.723. The predicted molar refractivity (Wildman–Crippen MR) is 197 cm³/mol. The molecule has 6 heteroatoms. The maximum absolute atomic E-state index is 8.75. The van der Waals surface area contributed by atoms with Gasteiger partial charge in [0.05, 0.1) is 8.07 Å². The second-order valence-corrected chi connectivity index (χ2v) is 18.5. The number of pyridine rings is 3. The number of nitrogens with zero attached hydrogens (tertiary/aromatic N) is 3. The summed E-state index contributed by atoms with van der Waals surface area (Å²) in [5.41, 5.74) is 5.18. The van der Waals surface area contributed by atoms with Crippen molar-refractivity contribution in [2.45, 2.75) is 79.3 Å². The Labute approximate surface area is 302 Å². The first-order chi connectivity index (χ1) is 23.9. The van der Waals surface area contributed by atoms with Crippen molar-refractivity contribution in [1.82, 2.24) is 15.0 Å². The van der Waals surface area contributed by atoms with Crippen LogP contribution in [-0.2, 0) is 26.5 Å². The van der Waals surface area contributed by atoms with Gasteiger partial charge in [-0.15, -0.1) is 59.7 Å². The van der Waals surface area contributed by atoms with E-state index in [-0.39, 0.29) is 31.7 Å².